The van der Waals surface area contributed by atoms with Gasteiger partial charge >= 0.3 is 0 Å². The summed E-state index contributed by atoms with van der Waals surface area (Å²) in [4.78, 5) is 0.348. The highest BCUT2D eigenvalue weighted by Gasteiger charge is 2.07. The zero-order chi connectivity index (χ0) is 14.4. The van der Waals surface area contributed by atoms with Crippen LogP contribution in [0.4, 0.5) is 0 Å². The molecule has 2 N–H and O–H groups in total. The summed E-state index contributed by atoms with van der Waals surface area (Å²) in [5, 5.41) is 0. The molecule has 0 unspecified atom stereocenters. The predicted molar refractivity (Wildman–Crippen MR) is 84.5 cm³/mol. The fraction of sp³-hybridized carbons (Fsp3) is 0.188. The molecular weight excluding hydrogens is 270 g/mol. The van der Waals surface area contributed by atoms with E-state index in [4.69, 9.17) is 27.4 Å². The lowest BCUT2D eigenvalue weighted by atomic mass is 10.1. The molecule has 0 atom stereocenters. The summed E-state index contributed by atoms with van der Waals surface area (Å²) < 4.78 is 11.1. The lowest BCUT2D eigenvalue weighted by Crippen LogP contribution is -2.10. The highest BCUT2D eigenvalue weighted by atomic mass is 32.1. The normalized spacial score (nSPS) is 10.1. The van der Waals surface area contributed by atoms with Gasteiger partial charge in [-0.3, -0.25) is 0 Å². The number of hydrogen-bond donors (Lipinski definition) is 1. The van der Waals surface area contributed by atoms with E-state index in [0.717, 1.165) is 12.0 Å². The van der Waals surface area contributed by atoms with E-state index in [1.54, 1.807) is 7.11 Å². The minimum absolute atomic E-state index is 0.348. The molecule has 2 aromatic rings. The average Bonchev–Trinajstić information content (AvgIpc) is 2.48. The van der Waals surface area contributed by atoms with E-state index in [1.807, 2.05) is 36.4 Å². The van der Waals surface area contributed by atoms with Crippen LogP contribution in [0.1, 0.15) is 11.1 Å². The average molecular weight is 287 g/mol. The van der Waals surface area contributed by atoms with Gasteiger partial charge in [0.25, 0.3) is 0 Å². The molecule has 0 bridgehead atoms. The van der Waals surface area contributed by atoms with Crippen LogP contribution in [0, 0.1) is 0 Å². The summed E-state index contributed by atoms with van der Waals surface area (Å²) >= 11 is 4.97. The van der Waals surface area contributed by atoms with Crippen LogP contribution < -0.4 is 15.2 Å². The Morgan fingerprint density at radius 1 is 1.10 bits per heavy atom. The Kier molecular flexibility index (Phi) is 4.96. The van der Waals surface area contributed by atoms with Gasteiger partial charge < -0.3 is 15.2 Å². The van der Waals surface area contributed by atoms with E-state index in [9.17, 15) is 0 Å². The van der Waals surface area contributed by atoms with Crippen molar-refractivity contribution >= 4 is 17.2 Å². The van der Waals surface area contributed by atoms with E-state index >= 15 is 0 Å². The molecule has 0 aromatic heterocycles. The van der Waals surface area contributed by atoms with Gasteiger partial charge in [0.05, 0.1) is 13.7 Å². The molecule has 2 aromatic carbocycles. The highest BCUT2D eigenvalue weighted by Crippen LogP contribution is 2.28. The first kappa shape index (κ1) is 14.3. The van der Waals surface area contributed by atoms with Crippen molar-refractivity contribution in [3.05, 3.63) is 59.7 Å². The Bertz CT molecular complexity index is 584. The molecule has 3 nitrogen and oxygen atoms in total. The third kappa shape index (κ3) is 3.71. The van der Waals surface area contributed by atoms with Crippen LogP contribution in [0.5, 0.6) is 11.5 Å². The van der Waals surface area contributed by atoms with E-state index in [1.165, 1.54) is 5.56 Å². The van der Waals surface area contributed by atoms with Gasteiger partial charge in [-0.2, -0.15) is 0 Å². The van der Waals surface area contributed by atoms with Gasteiger partial charge in [-0.1, -0.05) is 42.5 Å². The van der Waals surface area contributed by atoms with Crippen molar-refractivity contribution in [2.24, 2.45) is 5.73 Å². The maximum absolute atomic E-state index is 5.78. The second kappa shape index (κ2) is 6.91. The quantitative estimate of drug-likeness (QED) is 0.830. The van der Waals surface area contributed by atoms with Crippen LogP contribution in [-0.2, 0) is 6.42 Å². The Hall–Kier alpha value is -2.07. The fourth-order valence-corrected chi connectivity index (χ4v) is 1.99. The van der Waals surface area contributed by atoms with Gasteiger partial charge in [0.15, 0.2) is 11.5 Å². The molecule has 0 heterocycles. The summed E-state index contributed by atoms with van der Waals surface area (Å²) in [6.45, 7) is 0.571. The topological polar surface area (TPSA) is 44.5 Å². The number of benzene rings is 2. The number of rotatable bonds is 6. The van der Waals surface area contributed by atoms with E-state index in [-0.39, 0.29) is 0 Å². The molecule has 0 spiro atoms. The fourth-order valence-electron chi connectivity index (χ4n) is 1.87. The van der Waals surface area contributed by atoms with Crippen molar-refractivity contribution in [3.8, 4) is 11.5 Å². The second-order valence-electron chi connectivity index (χ2n) is 4.31. The number of hydrogen-bond acceptors (Lipinski definition) is 3. The molecule has 4 heteroatoms. The molecule has 0 fully saturated rings. The first-order chi connectivity index (χ1) is 9.70. The standard InChI is InChI=1S/C16H17NO2S/c1-18-14-8-7-13(16(17)20)11-15(14)19-10-9-12-5-3-2-4-6-12/h2-8,11H,9-10H2,1H3,(H2,17,20). The van der Waals surface area contributed by atoms with E-state index in [0.29, 0.717) is 23.1 Å². The van der Waals surface area contributed by atoms with Crippen molar-refractivity contribution < 1.29 is 9.47 Å². The van der Waals surface area contributed by atoms with Gasteiger partial charge in [-0.05, 0) is 23.8 Å². The number of thiocarbonyl (C=S) groups is 1. The number of ether oxygens (including phenoxy) is 2. The molecular formula is C16H17NO2S. The van der Waals surface area contributed by atoms with E-state index in [2.05, 4.69) is 12.1 Å². The largest absolute Gasteiger partial charge is 0.493 e. The van der Waals surface area contributed by atoms with Crippen LogP contribution in [-0.4, -0.2) is 18.7 Å². The molecule has 0 saturated heterocycles. The first-order valence-electron chi connectivity index (χ1n) is 6.35. The lowest BCUT2D eigenvalue weighted by molar-refractivity contribution is 0.297. The second-order valence-corrected chi connectivity index (χ2v) is 4.75. The minimum atomic E-state index is 0.348. The number of methoxy groups -OCH3 is 1. The summed E-state index contributed by atoms with van der Waals surface area (Å²) in [5.74, 6) is 1.34. The first-order valence-corrected chi connectivity index (χ1v) is 6.76. The third-order valence-electron chi connectivity index (χ3n) is 2.94. The molecule has 0 aliphatic rings. The van der Waals surface area contributed by atoms with Gasteiger partial charge in [0.2, 0.25) is 0 Å². The SMILES string of the molecule is COc1ccc(C(N)=S)cc1OCCc1ccccc1. The van der Waals surface area contributed by atoms with Crippen LogP contribution >= 0.6 is 12.2 Å². The molecule has 104 valence electrons. The van der Waals surface area contributed by atoms with Crippen LogP contribution in [0.3, 0.4) is 0 Å². The van der Waals surface area contributed by atoms with Crippen molar-refractivity contribution in [3.63, 3.8) is 0 Å². The van der Waals surface area contributed by atoms with Crippen LogP contribution in [0.2, 0.25) is 0 Å². The molecule has 0 saturated carbocycles. The zero-order valence-electron chi connectivity index (χ0n) is 11.3. The Morgan fingerprint density at radius 3 is 2.50 bits per heavy atom. The monoisotopic (exact) mass is 287 g/mol. The lowest BCUT2D eigenvalue weighted by Gasteiger charge is -2.12. The highest BCUT2D eigenvalue weighted by molar-refractivity contribution is 7.80. The predicted octanol–water partition coefficient (Wildman–Crippen LogP) is 2.95. The Balaban J connectivity index is 2.04. The Morgan fingerprint density at radius 2 is 1.85 bits per heavy atom. The molecule has 0 aliphatic carbocycles. The van der Waals surface area contributed by atoms with Crippen molar-refractivity contribution in [2.75, 3.05) is 13.7 Å². The van der Waals surface area contributed by atoms with Crippen molar-refractivity contribution in [2.45, 2.75) is 6.42 Å². The van der Waals surface area contributed by atoms with Crippen molar-refractivity contribution in [1.82, 2.24) is 0 Å². The summed E-state index contributed by atoms with van der Waals surface area (Å²) in [6.07, 6.45) is 0.835. The maximum Gasteiger partial charge on any atom is 0.161 e. The summed E-state index contributed by atoms with van der Waals surface area (Å²) in [5.41, 5.74) is 7.64. The molecule has 0 amide bonds. The van der Waals surface area contributed by atoms with Crippen LogP contribution in [0.25, 0.3) is 0 Å². The maximum atomic E-state index is 5.78. The molecule has 0 radical (unpaired) electrons. The molecule has 0 aliphatic heterocycles. The Labute approximate surface area is 124 Å². The van der Waals surface area contributed by atoms with Gasteiger partial charge in [-0.25, -0.2) is 0 Å². The third-order valence-corrected chi connectivity index (χ3v) is 3.17. The molecule has 20 heavy (non-hydrogen) atoms. The van der Waals surface area contributed by atoms with Crippen LogP contribution in [0.15, 0.2) is 48.5 Å². The van der Waals surface area contributed by atoms with Crippen molar-refractivity contribution in [1.29, 1.82) is 0 Å². The van der Waals surface area contributed by atoms with Gasteiger partial charge in [0.1, 0.15) is 4.99 Å². The van der Waals surface area contributed by atoms with Gasteiger partial charge in [0, 0.05) is 12.0 Å². The zero-order valence-corrected chi connectivity index (χ0v) is 12.2. The smallest absolute Gasteiger partial charge is 0.161 e. The summed E-state index contributed by atoms with van der Waals surface area (Å²) in [6, 6.07) is 15.6. The minimum Gasteiger partial charge on any atom is -0.493 e. The van der Waals surface area contributed by atoms with E-state index < -0.39 is 0 Å². The number of nitrogens with two attached hydrogens (primary N) is 1. The van der Waals surface area contributed by atoms with Gasteiger partial charge in [-0.15, -0.1) is 0 Å². The molecule has 2 rings (SSSR count). The summed E-state index contributed by atoms with van der Waals surface area (Å²) in [7, 11) is 1.61.